The van der Waals surface area contributed by atoms with Gasteiger partial charge in [0.25, 0.3) is 0 Å². The van der Waals surface area contributed by atoms with Gasteiger partial charge in [0.15, 0.2) is 0 Å². The number of amides is 1. The maximum atomic E-state index is 13.4. The van der Waals surface area contributed by atoms with Crippen LogP contribution < -0.4 is 4.90 Å². The van der Waals surface area contributed by atoms with E-state index in [9.17, 15) is 14.0 Å². The van der Waals surface area contributed by atoms with Crippen LogP contribution in [0.3, 0.4) is 0 Å². The molecule has 0 saturated heterocycles. The maximum Gasteiger partial charge on any atom is 0.418 e. The first-order valence-corrected chi connectivity index (χ1v) is 10.6. The zero-order chi connectivity index (χ0) is 22.2. The molecule has 1 aliphatic rings. The minimum absolute atomic E-state index is 0.231. The summed E-state index contributed by atoms with van der Waals surface area (Å²) in [6, 6.07) is 12.4. The van der Waals surface area contributed by atoms with Crippen LogP contribution >= 0.6 is 11.6 Å². The predicted octanol–water partition coefficient (Wildman–Crippen LogP) is 5.66. The SMILES string of the molecule is O=C(O)COCC1CCC(COC(=O)N(c2ccc(F)cc2)c2cccc(Cl)c2)CC1. The Balaban J connectivity index is 1.57. The number of ether oxygens (including phenoxy) is 2. The van der Waals surface area contributed by atoms with E-state index in [1.165, 1.54) is 29.2 Å². The molecule has 8 heteroatoms. The Bertz CT molecular complexity index is 884. The number of benzene rings is 2. The minimum atomic E-state index is -0.967. The Kier molecular flexibility index (Phi) is 8.26. The molecule has 1 fully saturated rings. The molecule has 1 aliphatic carbocycles. The van der Waals surface area contributed by atoms with Crippen molar-refractivity contribution in [1.82, 2.24) is 0 Å². The zero-order valence-electron chi connectivity index (χ0n) is 17.0. The van der Waals surface area contributed by atoms with Crippen LogP contribution in [0.2, 0.25) is 5.02 Å². The van der Waals surface area contributed by atoms with Crippen LogP contribution in [0.15, 0.2) is 48.5 Å². The van der Waals surface area contributed by atoms with Crippen molar-refractivity contribution in [3.05, 3.63) is 59.4 Å². The number of anilines is 2. The van der Waals surface area contributed by atoms with Crippen molar-refractivity contribution in [1.29, 1.82) is 0 Å². The molecule has 0 heterocycles. The second-order valence-electron chi connectivity index (χ2n) is 7.66. The maximum absolute atomic E-state index is 13.4. The fourth-order valence-corrected chi connectivity index (χ4v) is 3.88. The largest absolute Gasteiger partial charge is 0.480 e. The van der Waals surface area contributed by atoms with E-state index in [-0.39, 0.29) is 19.1 Å². The summed E-state index contributed by atoms with van der Waals surface area (Å²) in [6.07, 6.45) is 3.00. The standard InChI is InChI=1S/C23H25ClFNO5/c24-18-2-1-3-21(12-18)26(20-10-8-19(25)9-11-20)23(29)31-14-17-6-4-16(5-7-17)13-30-15-22(27)28/h1-3,8-12,16-17H,4-7,13-15H2,(H,27,28). The number of carboxylic acids is 1. The monoisotopic (exact) mass is 449 g/mol. The van der Waals surface area contributed by atoms with Crippen LogP contribution in [0, 0.1) is 17.7 Å². The third-order valence-corrected chi connectivity index (χ3v) is 5.56. The number of hydrogen-bond acceptors (Lipinski definition) is 4. The van der Waals surface area contributed by atoms with Gasteiger partial charge in [-0.1, -0.05) is 17.7 Å². The minimum Gasteiger partial charge on any atom is -0.480 e. The Labute approximate surface area is 185 Å². The van der Waals surface area contributed by atoms with Crippen molar-refractivity contribution >= 4 is 35.0 Å². The molecule has 1 amide bonds. The van der Waals surface area contributed by atoms with Crippen molar-refractivity contribution in [3.63, 3.8) is 0 Å². The van der Waals surface area contributed by atoms with Gasteiger partial charge < -0.3 is 14.6 Å². The number of carbonyl (C=O) groups excluding carboxylic acids is 1. The lowest BCUT2D eigenvalue weighted by atomic mass is 9.83. The van der Waals surface area contributed by atoms with Crippen molar-refractivity contribution in [2.24, 2.45) is 11.8 Å². The molecule has 0 aliphatic heterocycles. The summed E-state index contributed by atoms with van der Waals surface area (Å²) in [5, 5.41) is 9.11. The molecule has 0 bridgehead atoms. The summed E-state index contributed by atoms with van der Waals surface area (Å²) in [7, 11) is 0. The van der Waals surface area contributed by atoms with Crippen LogP contribution in [-0.2, 0) is 14.3 Å². The molecule has 1 saturated carbocycles. The zero-order valence-corrected chi connectivity index (χ0v) is 17.8. The number of aliphatic carboxylic acids is 1. The topological polar surface area (TPSA) is 76.1 Å². The molecule has 0 aromatic heterocycles. The average molecular weight is 450 g/mol. The lowest BCUT2D eigenvalue weighted by molar-refractivity contribution is -0.142. The van der Waals surface area contributed by atoms with Crippen molar-refractivity contribution < 1.29 is 28.6 Å². The van der Waals surface area contributed by atoms with Crippen LogP contribution in [0.4, 0.5) is 20.6 Å². The van der Waals surface area contributed by atoms with E-state index in [4.69, 9.17) is 26.2 Å². The Morgan fingerprint density at radius 2 is 1.65 bits per heavy atom. The first-order chi connectivity index (χ1) is 14.9. The molecule has 2 aromatic rings. The first kappa shape index (κ1) is 23.0. The van der Waals surface area contributed by atoms with Crippen molar-refractivity contribution in [3.8, 4) is 0 Å². The normalized spacial score (nSPS) is 18.4. The number of nitrogens with zero attached hydrogens (tertiary/aromatic N) is 1. The van der Waals surface area contributed by atoms with Gasteiger partial charge in [0.1, 0.15) is 12.4 Å². The lowest BCUT2D eigenvalue weighted by Gasteiger charge is -2.29. The molecular formula is C23H25ClFNO5. The molecule has 2 aromatic carbocycles. The van der Waals surface area contributed by atoms with E-state index in [2.05, 4.69) is 0 Å². The summed E-state index contributed by atoms with van der Waals surface area (Å²) >= 11 is 6.09. The van der Waals surface area contributed by atoms with Crippen LogP contribution in [0.1, 0.15) is 25.7 Å². The summed E-state index contributed by atoms with van der Waals surface area (Å²) in [5.74, 6) is -0.805. The molecule has 1 N–H and O–H groups in total. The number of carbonyl (C=O) groups is 2. The van der Waals surface area contributed by atoms with Gasteiger partial charge in [0.2, 0.25) is 0 Å². The van der Waals surface area contributed by atoms with Gasteiger partial charge in [-0.05, 0) is 80.0 Å². The Hall–Kier alpha value is -2.64. The average Bonchev–Trinajstić information content (AvgIpc) is 2.74. The van der Waals surface area contributed by atoms with E-state index < -0.39 is 17.9 Å². The summed E-state index contributed by atoms with van der Waals surface area (Å²) < 4.78 is 24.2. The summed E-state index contributed by atoms with van der Waals surface area (Å²) in [5.41, 5.74) is 1.01. The number of hydrogen-bond donors (Lipinski definition) is 1. The molecular weight excluding hydrogens is 425 g/mol. The molecule has 3 rings (SSSR count). The summed E-state index contributed by atoms with van der Waals surface area (Å²) in [6.45, 7) is 0.436. The Morgan fingerprint density at radius 3 is 2.26 bits per heavy atom. The van der Waals surface area contributed by atoms with E-state index in [1.54, 1.807) is 24.3 Å². The molecule has 0 spiro atoms. The fourth-order valence-electron chi connectivity index (χ4n) is 3.70. The van der Waals surface area contributed by atoms with Crippen LogP contribution in [0.25, 0.3) is 0 Å². The molecule has 0 unspecified atom stereocenters. The summed E-state index contributed by atoms with van der Waals surface area (Å²) in [4.78, 5) is 24.8. The second kappa shape index (κ2) is 11.1. The third kappa shape index (κ3) is 6.94. The quantitative estimate of drug-likeness (QED) is 0.562. The highest BCUT2D eigenvalue weighted by Gasteiger charge is 2.25. The third-order valence-electron chi connectivity index (χ3n) is 5.32. The highest BCUT2D eigenvalue weighted by Crippen LogP contribution is 2.31. The van der Waals surface area contributed by atoms with Crippen LogP contribution in [0.5, 0.6) is 0 Å². The smallest absolute Gasteiger partial charge is 0.418 e. The van der Waals surface area contributed by atoms with Gasteiger partial charge >= 0.3 is 12.1 Å². The van der Waals surface area contributed by atoms with E-state index in [1.807, 2.05) is 0 Å². The molecule has 166 valence electrons. The number of halogens is 2. The van der Waals surface area contributed by atoms with Crippen LogP contribution in [-0.4, -0.2) is 37.0 Å². The van der Waals surface area contributed by atoms with Gasteiger partial charge in [-0.3, -0.25) is 0 Å². The highest BCUT2D eigenvalue weighted by atomic mass is 35.5. The molecule has 0 radical (unpaired) electrons. The fraction of sp³-hybridized carbons (Fsp3) is 0.391. The first-order valence-electron chi connectivity index (χ1n) is 10.2. The van der Waals surface area contributed by atoms with Gasteiger partial charge in [-0.15, -0.1) is 0 Å². The number of carboxylic acid groups (broad SMARTS) is 1. The van der Waals surface area contributed by atoms with Crippen molar-refractivity contribution in [2.45, 2.75) is 25.7 Å². The highest BCUT2D eigenvalue weighted by molar-refractivity contribution is 6.31. The Morgan fingerprint density at radius 1 is 1.00 bits per heavy atom. The van der Waals surface area contributed by atoms with Gasteiger partial charge in [-0.25, -0.2) is 18.9 Å². The van der Waals surface area contributed by atoms with E-state index in [0.717, 1.165) is 25.7 Å². The molecule has 0 atom stereocenters. The van der Waals surface area contributed by atoms with Gasteiger partial charge in [0, 0.05) is 5.02 Å². The lowest BCUT2D eigenvalue weighted by Crippen LogP contribution is -2.30. The van der Waals surface area contributed by atoms with E-state index in [0.29, 0.717) is 28.9 Å². The molecule has 31 heavy (non-hydrogen) atoms. The predicted molar refractivity (Wildman–Crippen MR) is 115 cm³/mol. The number of rotatable bonds is 8. The second-order valence-corrected chi connectivity index (χ2v) is 8.10. The van der Waals surface area contributed by atoms with Gasteiger partial charge in [0.05, 0.1) is 24.6 Å². The molecule has 6 nitrogen and oxygen atoms in total. The van der Waals surface area contributed by atoms with Crippen molar-refractivity contribution in [2.75, 3.05) is 24.7 Å². The van der Waals surface area contributed by atoms with Gasteiger partial charge in [-0.2, -0.15) is 0 Å². The van der Waals surface area contributed by atoms with E-state index >= 15 is 0 Å².